The molecule has 1 unspecified atom stereocenters. The van der Waals surface area contributed by atoms with Crippen LogP contribution >= 0.6 is 0 Å². The molecule has 0 aliphatic carbocycles. The molecule has 0 N–H and O–H groups in total. The van der Waals surface area contributed by atoms with Crippen molar-refractivity contribution in [2.45, 2.75) is 5.92 Å². The Hall–Kier alpha value is -10.9. The van der Waals surface area contributed by atoms with Crippen molar-refractivity contribution >= 4 is 77.7 Å². The van der Waals surface area contributed by atoms with Gasteiger partial charge in [0.1, 0.15) is 0 Å². The lowest BCUT2D eigenvalue weighted by Crippen LogP contribution is -2.26. The molecule has 83 heavy (non-hydrogen) atoms. The maximum absolute atomic E-state index is 2.64. The number of hydrogen-bond acceptors (Lipinski definition) is 2. The standard InChI is InChI=1S/C79H52N4/c1-5-19-52(20-6-1)56-35-43-60(44-36-56)80(61-45-37-57(38-46-61)53-21-7-2-8-22-53)73-51-72-75-74(68-31-17-29-66-64-27-13-15-33-70(64)82(72)76(66)68)69-32-18-30-67-65-28-14-16-34-71(65)83(77(67)69)79(75)78(73)81(62-47-39-58(40-48-62)54-23-9-3-10-24-54)63-49-41-59(42-50-63)55-25-11-4-12-26-55/h1-51,74H. The van der Waals surface area contributed by atoms with E-state index in [1.54, 1.807) is 0 Å². The number of fused-ring (bicyclic) bond motifs is 10. The number of benzene rings is 13. The van der Waals surface area contributed by atoms with E-state index in [1.807, 2.05) is 0 Å². The Morgan fingerprint density at radius 2 is 0.590 bits per heavy atom. The van der Waals surface area contributed by atoms with Gasteiger partial charge in [-0.3, -0.25) is 0 Å². The van der Waals surface area contributed by atoms with E-state index in [0.29, 0.717) is 0 Å². The summed E-state index contributed by atoms with van der Waals surface area (Å²) in [6.45, 7) is 0. The van der Waals surface area contributed by atoms with Crippen LogP contribution in [-0.4, -0.2) is 9.13 Å². The summed E-state index contributed by atoms with van der Waals surface area (Å²) in [7, 11) is 0. The third-order valence-electron chi connectivity index (χ3n) is 17.5. The molecule has 4 heteroatoms. The summed E-state index contributed by atoms with van der Waals surface area (Å²) < 4.78 is 5.24. The fourth-order valence-corrected chi connectivity index (χ4v) is 13.8. The van der Waals surface area contributed by atoms with Gasteiger partial charge in [0, 0.05) is 55.8 Å². The van der Waals surface area contributed by atoms with Crippen molar-refractivity contribution in [2.75, 3.05) is 9.80 Å². The second-order valence-electron chi connectivity index (χ2n) is 22.0. The van der Waals surface area contributed by atoms with Crippen LogP contribution in [-0.2, 0) is 0 Å². The average Bonchev–Trinajstić information content (AvgIpc) is 1.68. The fraction of sp³-hybridized carbons (Fsp3) is 0.0127. The number of anilines is 6. The molecule has 0 amide bonds. The Kier molecular flexibility index (Phi) is 10.7. The number of para-hydroxylation sites is 4. The van der Waals surface area contributed by atoms with Crippen LogP contribution in [0.4, 0.5) is 34.1 Å². The van der Waals surface area contributed by atoms with E-state index in [9.17, 15) is 0 Å². The van der Waals surface area contributed by atoms with Crippen molar-refractivity contribution in [3.05, 3.63) is 326 Å². The normalized spacial score (nSPS) is 12.9. The van der Waals surface area contributed by atoms with Crippen molar-refractivity contribution in [2.24, 2.45) is 0 Å². The van der Waals surface area contributed by atoms with Crippen molar-refractivity contribution < 1.29 is 0 Å². The van der Waals surface area contributed by atoms with E-state index in [2.05, 4.69) is 328 Å². The zero-order valence-electron chi connectivity index (χ0n) is 45.3. The van der Waals surface area contributed by atoms with Gasteiger partial charge in [0.25, 0.3) is 0 Å². The van der Waals surface area contributed by atoms with Crippen molar-refractivity contribution in [1.29, 1.82) is 0 Å². The largest absolute Gasteiger partial charge is 0.308 e. The molecule has 2 aliphatic rings. The van der Waals surface area contributed by atoms with Crippen molar-refractivity contribution in [3.8, 4) is 55.9 Å². The highest BCUT2D eigenvalue weighted by Gasteiger charge is 2.42. The lowest BCUT2D eigenvalue weighted by atomic mass is 9.77. The van der Waals surface area contributed by atoms with Gasteiger partial charge in [-0.25, -0.2) is 0 Å². The summed E-state index contributed by atoms with van der Waals surface area (Å²) >= 11 is 0. The molecule has 2 aliphatic heterocycles. The molecular formula is C79H52N4. The highest BCUT2D eigenvalue weighted by Crippen LogP contribution is 2.61. The maximum atomic E-state index is 2.64. The highest BCUT2D eigenvalue weighted by atomic mass is 15.2. The maximum Gasteiger partial charge on any atom is 0.0951 e. The van der Waals surface area contributed by atoms with Crippen LogP contribution in [0.3, 0.4) is 0 Å². The summed E-state index contributed by atoms with van der Waals surface area (Å²) in [4.78, 5) is 5.09. The van der Waals surface area contributed by atoms with E-state index in [-0.39, 0.29) is 5.92 Å². The molecule has 15 aromatic rings. The smallest absolute Gasteiger partial charge is 0.0951 e. The SMILES string of the molecule is c1ccc(-c2ccc(N(c3ccc(-c4ccccc4)cc3)c3cc4c5c(c3N(c3ccc(-c6ccccc6)cc3)c3ccc(-c6ccccc6)cc3)-n3c6ccccc6c6cccc(c63)C5c3cccc5c6ccccc6n-4c35)cc2)cc1. The minimum atomic E-state index is -0.0969. The molecule has 388 valence electrons. The van der Waals surface area contributed by atoms with E-state index < -0.39 is 0 Å². The third-order valence-corrected chi connectivity index (χ3v) is 17.5. The predicted octanol–water partition coefficient (Wildman–Crippen LogP) is 21.3. The molecule has 1 atom stereocenters. The monoisotopic (exact) mass is 1060 g/mol. The summed E-state index contributed by atoms with van der Waals surface area (Å²) in [6, 6.07) is 114. The van der Waals surface area contributed by atoms with Crippen LogP contribution in [0.1, 0.15) is 22.6 Å². The molecule has 0 radical (unpaired) electrons. The van der Waals surface area contributed by atoms with Gasteiger partial charge in [-0.15, -0.1) is 0 Å². The Morgan fingerprint density at radius 1 is 0.265 bits per heavy atom. The minimum Gasteiger partial charge on any atom is -0.308 e. The number of rotatable bonds is 10. The third kappa shape index (κ3) is 7.33. The Bertz CT molecular complexity index is 4800. The number of nitrogens with zero attached hydrogens (tertiary/aromatic N) is 4. The van der Waals surface area contributed by atoms with Crippen molar-refractivity contribution in [1.82, 2.24) is 9.13 Å². The van der Waals surface area contributed by atoms with Gasteiger partial charge in [-0.1, -0.05) is 243 Å². The van der Waals surface area contributed by atoms with Gasteiger partial charge in [-0.2, -0.15) is 0 Å². The van der Waals surface area contributed by atoms with Gasteiger partial charge in [-0.05, 0) is 122 Å². The Balaban J connectivity index is 1.05. The van der Waals surface area contributed by atoms with Crippen LogP contribution in [0.5, 0.6) is 0 Å². The zero-order chi connectivity index (χ0) is 54.5. The van der Waals surface area contributed by atoms with Gasteiger partial charge >= 0.3 is 0 Å². The lowest BCUT2D eigenvalue weighted by Gasteiger charge is -2.41. The first-order chi connectivity index (χ1) is 41.2. The van der Waals surface area contributed by atoms with Crippen LogP contribution in [0, 0.1) is 0 Å². The molecule has 4 heterocycles. The molecule has 4 nitrogen and oxygen atoms in total. The average molecular weight is 1060 g/mol. The van der Waals surface area contributed by atoms with Crippen molar-refractivity contribution in [3.63, 3.8) is 0 Å². The van der Waals surface area contributed by atoms with Crippen LogP contribution in [0.2, 0.25) is 0 Å². The summed E-state index contributed by atoms with van der Waals surface area (Å²) in [5.41, 5.74) is 26.7. The summed E-state index contributed by atoms with van der Waals surface area (Å²) in [6.07, 6.45) is 0. The Labute approximate surface area is 481 Å². The minimum absolute atomic E-state index is 0.0969. The van der Waals surface area contributed by atoms with Crippen LogP contribution in [0.15, 0.2) is 309 Å². The zero-order valence-corrected chi connectivity index (χ0v) is 45.3. The molecule has 13 aromatic carbocycles. The summed E-state index contributed by atoms with van der Waals surface area (Å²) in [5, 5.41) is 4.98. The van der Waals surface area contributed by atoms with Gasteiger partial charge in [0.15, 0.2) is 0 Å². The number of aromatic nitrogens is 2. The molecule has 0 saturated heterocycles. The van der Waals surface area contributed by atoms with E-state index in [1.165, 1.54) is 88.2 Å². The first kappa shape index (κ1) is 46.9. The molecule has 17 rings (SSSR count). The van der Waals surface area contributed by atoms with Crippen LogP contribution in [0.25, 0.3) is 99.5 Å². The van der Waals surface area contributed by atoms with E-state index in [4.69, 9.17) is 0 Å². The van der Waals surface area contributed by atoms with E-state index in [0.717, 1.165) is 62.1 Å². The molecule has 0 saturated carbocycles. The highest BCUT2D eigenvalue weighted by molar-refractivity contribution is 6.17. The first-order valence-electron chi connectivity index (χ1n) is 28.7. The predicted molar refractivity (Wildman–Crippen MR) is 347 cm³/mol. The first-order valence-corrected chi connectivity index (χ1v) is 28.7. The molecule has 2 aromatic heterocycles. The topological polar surface area (TPSA) is 16.3 Å². The van der Waals surface area contributed by atoms with Gasteiger partial charge in [0.2, 0.25) is 0 Å². The molecule has 0 bridgehead atoms. The Morgan fingerprint density at radius 3 is 1.00 bits per heavy atom. The molecule has 0 fully saturated rings. The molecular weight excluding hydrogens is 1000 g/mol. The second-order valence-corrected chi connectivity index (χ2v) is 22.0. The van der Waals surface area contributed by atoms with Crippen LogP contribution < -0.4 is 9.80 Å². The van der Waals surface area contributed by atoms with Gasteiger partial charge in [0.05, 0.1) is 44.8 Å². The number of hydrogen-bond donors (Lipinski definition) is 0. The molecule has 0 spiro atoms. The fourth-order valence-electron chi connectivity index (χ4n) is 13.8. The van der Waals surface area contributed by atoms with Gasteiger partial charge < -0.3 is 18.9 Å². The summed E-state index contributed by atoms with van der Waals surface area (Å²) in [5.74, 6) is -0.0969. The van der Waals surface area contributed by atoms with E-state index >= 15 is 0 Å². The second kappa shape index (κ2) is 18.8. The quantitative estimate of drug-likeness (QED) is 0.136. The lowest BCUT2D eigenvalue weighted by molar-refractivity contribution is 0.882.